The van der Waals surface area contributed by atoms with E-state index in [1.807, 2.05) is 20.8 Å². The number of hydrogen-bond acceptors (Lipinski definition) is 8. The van der Waals surface area contributed by atoms with E-state index in [-0.39, 0.29) is 6.04 Å². The summed E-state index contributed by atoms with van der Waals surface area (Å²) in [6, 6.07) is 0.0662. The van der Waals surface area contributed by atoms with Gasteiger partial charge in [0.1, 0.15) is 11.4 Å². The van der Waals surface area contributed by atoms with Crippen LogP contribution in [0.1, 0.15) is 30.8 Å². The number of nitrogens with one attached hydrogen (secondary N) is 1. The molecule has 3 heterocycles. The standard InChI is InChI=1S/C19H24N6O2/c1-6-14-13(4)25-27-18(14)15-8-22-19(23-12(3)10-26-5)24-17(15)16-9-20-11(2)7-21-16/h7-9,12H,6,10H2,1-5H3,(H,22,23,24). The van der Waals surface area contributed by atoms with Crippen molar-refractivity contribution < 1.29 is 9.26 Å². The van der Waals surface area contributed by atoms with Gasteiger partial charge >= 0.3 is 0 Å². The van der Waals surface area contributed by atoms with E-state index in [0.717, 1.165) is 28.9 Å². The van der Waals surface area contributed by atoms with Crippen LogP contribution in [0.15, 0.2) is 23.1 Å². The highest BCUT2D eigenvalue weighted by Gasteiger charge is 2.21. The minimum Gasteiger partial charge on any atom is -0.383 e. The molecule has 0 aliphatic rings. The summed E-state index contributed by atoms with van der Waals surface area (Å²) >= 11 is 0. The zero-order chi connectivity index (χ0) is 19.4. The molecular formula is C19H24N6O2. The summed E-state index contributed by atoms with van der Waals surface area (Å²) in [5.74, 6) is 1.17. The molecule has 27 heavy (non-hydrogen) atoms. The maximum Gasteiger partial charge on any atom is 0.223 e. The summed E-state index contributed by atoms with van der Waals surface area (Å²) in [7, 11) is 1.66. The van der Waals surface area contributed by atoms with E-state index >= 15 is 0 Å². The van der Waals surface area contributed by atoms with Gasteiger partial charge in [-0.1, -0.05) is 12.1 Å². The third-order valence-corrected chi connectivity index (χ3v) is 4.19. The van der Waals surface area contributed by atoms with Gasteiger partial charge in [0.2, 0.25) is 5.95 Å². The first kappa shape index (κ1) is 18.9. The summed E-state index contributed by atoms with van der Waals surface area (Å²) in [6.07, 6.45) is 5.96. The average Bonchev–Trinajstić information content (AvgIpc) is 3.03. The Morgan fingerprint density at radius 2 is 1.96 bits per heavy atom. The first-order chi connectivity index (χ1) is 13.0. The maximum atomic E-state index is 5.60. The Morgan fingerprint density at radius 1 is 1.15 bits per heavy atom. The minimum absolute atomic E-state index is 0.0662. The monoisotopic (exact) mass is 368 g/mol. The van der Waals surface area contributed by atoms with E-state index in [0.29, 0.717) is 29.7 Å². The zero-order valence-corrected chi connectivity index (χ0v) is 16.3. The third-order valence-electron chi connectivity index (χ3n) is 4.19. The summed E-state index contributed by atoms with van der Waals surface area (Å²) in [5, 5.41) is 7.34. The molecule has 8 nitrogen and oxygen atoms in total. The Hall–Kier alpha value is -2.87. The second kappa shape index (κ2) is 8.22. The highest BCUT2D eigenvalue weighted by molar-refractivity contribution is 5.78. The van der Waals surface area contributed by atoms with Crippen molar-refractivity contribution in [2.75, 3.05) is 19.0 Å². The van der Waals surface area contributed by atoms with Crippen LogP contribution in [0.3, 0.4) is 0 Å². The molecule has 0 amide bonds. The lowest BCUT2D eigenvalue weighted by atomic mass is 10.0. The lowest BCUT2D eigenvalue weighted by molar-refractivity contribution is 0.190. The second-order valence-electron chi connectivity index (χ2n) is 6.43. The van der Waals surface area contributed by atoms with Crippen molar-refractivity contribution in [1.82, 2.24) is 25.1 Å². The number of hydrogen-bond donors (Lipinski definition) is 1. The molecule has 0 bridgehead atoms. The predicted molar refractivity (Wildman–Crippen MR) is 102 cm³/mol. The average molecular weight is 368 g/mol. The van der Waals surface area contributed by atoms with Crippen molar-refractivity contribution in [3.63, 3.8) is 0 Å². The molecule has 1 atom stereocenters. The van der Waals surface area contributed by atoms with Crippen molar-refractivity contribution >= 4 is 5.95 Å². The van der Waals surface area contributed by atoms with E-state index in [1.54, 1.807) is 25.7 Å². The zero-order valence-electron chi connectivity index (χ0n) is 16.3. The highest BCUT2D eigenvalue weighted by Crippen LogP contribution is 2.33. The number of nitrogens with zero attached hydrogens (tertiary/aromatic N) is 5. The summed E-state index contributed by atoms with van der Waals surface area (Å²) < 4.78 is 10.8. The van der Waals surface area contributed by atoms with Gasteiger partial charge in [-0.25, -0.2) is 9.97 Å². The van der Waals surface area contributed by atoms with Crippen LogP contribution in [0.4, 0.5) is 5.95 Å². The first-order valence-electron chi connectivity index (χ1n) is 8.90. The smallest absolute Gasteiger partial charge is 0.223 e. The number of methoxy groups -OCH3 is 1. The van der Waals surface area contributed by atoms with Crippen molar-refractivity contribution in [3.8, 4) is 22.7 Å². The van der Waals surface area contributed by atoms with Crippen LogP contribution < -0.4 is 5.32 Å². The number of ether oxygens (including phenoxy) is 1. The van der Waals surface area contributed by atoms with Crippen molar-refractivity contribution in [1.29, 1.82) is 0 Å². The van der Waals surface area contributed by atoms with Gasteiger partial charge in [-0.05, 0) is 27.2 Å². The lowest BCUT2D eigenvalue weighted by Crippen LogP contribution is -2.22. The lowest BCUT2D eigenvalue weighted by Gasteiger charge is -2.14. The second-order valence-corrected chi connectivity index (χ2v) is 6.43. The third kappa shape index (κ3) is 4.11. The van der Waals surface area contributed by atoms with Crippen LogP contribution in [0.5, 0.6) is 0 Å². The summed E-state index contributed by atoms with van der Waals surface area (Å²) in [4.78, 5) is 18.0. The van der Waals surface area contributed by atoms with Crippen molar-refractivity contribution in [2.24, 2.45) is 0 Å². The summed E-state index contributed by atoms with van der Waals surface area (Å²) in [5.41, 5.74) is 4.78. The molecule has 3 aromatic rings. The Bertz CT molecular complexity index is 907. The topological polar surface area (TPSA) is 98.9 Å². The van der Waals surface area contributed by atoms with Crippen LogP contribution in [-0.4, -0.2) is 44.9 Å². The van der Waals surface area contributed by atoms with Crippen molar-refractivity contribution in [2.45, 2.75) is 40.2 Å². The van der Waals surface area contributed by atoms with Gasteiger partial charge in [-0.3, -0.25) is 9.97 Å². The molecule has 0 fully saturated rings. The van der Waals surface area contributed by atoms with E-state index in [9.17, 15) is 0 Å². The van der Waals surface area contributed by atoms with Gasteiger partial charge < -0.3 is 14.6 Å². The van der Waals surface area contributed by atoms with Gasteiger partial charge in [0, 0.05) is 31.1 Å². The van der Waals surface area contributed by atoms with Gasteiger partial charge in [0.05, 0.1) is 29.8 Å². The molecule has 0 aromatic carbocycles. The molecule has 8 heteroatoms. The molecule has 142 valence electrons. The first-order valence-corrected chi connectivity index (χ1v) is 8.90. The van der Waals surface area contributed by atoms with Crippen LogP contribution >= 0.6 is 0 Å². The van der Waals surface area contributed by atoms with Gasteiger partial charge in [0.25, 0.3) is 0 Å². The van der Waals surface area contributed by atoms with Gasteiger partial charge in [0.15, 0.2) is 5.76 Å². The molecule has 0 spiro atoms. The molecule has 1 unspecified atom stereocenters. The molecule has 0 aliphatic heterocycles. The summed E-state index contributed by atoms with van der Waals surface area (Å²) in [6.45, 7) is 8.44. The molecular weight excluding hydrogens is 344 g/mol. The van der Waals surface area contributed by atoms with E-state index in [1.165, 1.54) is 0 Å². The van der Waals surface area contributed by atoms with Crippen molar-refractivity contribution in [3.05, 3.63) is 35.5 Å². The molecule has 0 radical (unpaired) electrons. The van der Waals surface area contributed by atoms with E-state index < -0.39 is 0 Å². The number of aryl methyl sites for hydroxylation is 2. The Kier molecular flexibility index (Phi) is 5.75. The Labute approximate surface area is 158 Å². The van der Waals surface area contributed by atoms with Gasteiger partial charge in [-0.2, -0.15) is 0 Å². The number of anilines is 1. The quantitative estimate of drug-likeness (QED) is 0.679. The van der Waals surface area contributed by atoms with Crippen LogP contribution in [0.2, 0.25) is 0 Å². The molecule has 0 aliphatic carbocycles. The van der Waals surface area contributed by atoms with Gasteiger partial charge in [-0.15, -0.1) is 0 Å². The Morgan fingerprint density at radius 3 is 2.63 bits per heavy atom. The fourth-order valence-electron chi connectivity index (χ4n) is 2.86. The fraction of sp³-hybridized carbons (Fsp3) is 0.421. The number of aromatic nitrogens is 5. The predicted octanol–water partition coefficient (Wildman–Crippen LogP) is 3.21. The van der Waals surface area contributed by atoms with E-state index in [4.69, 9.17) is 9.26 Å². The largest absolute Gasteiger partial charge is 0.383 e. The highest BCUT2D eigenvalue weighted by atomic mass is 16.5. The van der Waals surface area contributed by atoms with Crippen LogP contribution in [-0.2, 0) is 11.2 Å². The molecule has 3 aromatic heterocycles. The maximum absolute atomic E-state index is 5.60. The molecule has 3 rings (SSSR count). The number of rotatable bonds is 7. The normalized spacial score (nSPS) is 12.2. The molecule has 0 saturated heterocycles. The fourth-order valence-corrected chi connectivity index (χ4v) is 2.86. The minimum atomic E-state index is 0.0662. The molecule has 0 saturated carbocycles. The van der Waals surface area contributed by atoms with Crippen LogP contribution in [0.25, 0.3) is 22.7 Å². The molecule has 1 N–H and O–H groups in total. The SMILES string of the molecule is CCc1c(C)noc1-c1cnc(NC(C)COC)nc1-c1cnc(C)cn1. The Balaban J connectivity index is 2.10. The van der Waals surface area contributed by atoms with Crippen LogP contribution in [0, 0.1) is 13.8 Å². The van der Waals surface area contributed by atoms with E-state index in [2.05, 4.69) is 37.3 Å².